The van der Waals surface area contributed by atoms with Crippen molar-refractivity contribution in [2.24, 2.45) is 5.92 Å². The lowest BCUT2D eigenvalue weighted by atomic mass is 9.68. The van der Waals surface area contributed by atoms with E-state index in [1.807, 2.05) is 0 Å². The lowest BCUT2D eigenvalue weighted by Crippen LogP contribution is -2.61. The van der Waals surface area contributed by atoms with Gasteiger partial charge < -0.3 is 14.6 Å². The molecule has 8 heteroatoms. The van der Waals surface area contributed by atoms with Crippen molar-refractivity contribution in [1.29, 1.82) is 0 Å². The van der Waals surface area contributed by atoms with E-state index in [2.05, 4.69) is 0 Å². The predicted octanol–water partition coefficient (Wildman–Crippen LogP) is 7.12. The summed E-state index contributed by atoms with van der Waals surface area (Å²) in [6, 6.07) is 18.8. The molecule has 1 N–H and O–H groups in total. The number of rotatable bonds is 10. The number of ether oxygens (including phenoxy) is 2. The predicted molar refractivity (Wildman–Crippen MR) is 135 cm³/mol. The maximum atomic E-state index is 17.3. The third-order valence-electron chi connectivity index (χ3n) is 6.71. The Balaban J connectivity index is 1.77. The van der Waals surface area contributed by atoms with Crippen LogP contribution in [0.4, 0.5) is 8.78 Å². The van der Waals surface area contributed by atoms with Crippen LogP contribution < -0.4 is 4.74 Å². The SMILES string of the molecule is CC(=O)O[C@@](C)(Cc1ccc(F)c(Oc2ccccc2)c1)[C@@](F)(C(=O)O)[C@@H](c1ccc(Cl)cc1)C1CC1. The fourth-order valence-corrected chi connectivity index (χ4v) is 5.04. The summed E-state index contributed by atoms with van der Waals surface area (Å²) in [5.41, 5.74) is -4.37. The number of benzene rings is 3. The van der Waals surface area contributed by atoms with E-state index in [-0.39, 0.29) is 18.1 Å². The van der Waals surface area contributed by atoms with Gasteiger partial charge in [0.2, 0.25) is 0 Å². The molecule has 1 aliphatic carbocycles. The quantitative estimate of drug-likeness (QED) is 0.283. The Hall–Kier alpha value is -3.45. The van der Waals surface area contributed by atoms with E-state index in [1.54, 1.807) is 54.6 Å². The van der Waals surface area contributed by atoms with Gasteiger partial charge in [0.05, 0.1) is 0 Å². The molecular weight excluding hydrogens is 502 g/mol. The van der Waals surface area contributed by atoms with Gasteiger partial charge in [0, 0.05) is 24.3 Å². The van der Waals surface area contributed by atoms with Gasteiger partial charge in [-0.15, -0.1) is 0 Å². The second-order valence-corrected chi connectivity index (χ2v) is 10.0. The minimum absolute atomic E-state index is 0.120. The van der Waals surface area contributed by atoms with Crippen LogP contribution in [0.25, 0.3) is 0 Å². The first-order valence-corrected chi connectivity index (χ1v) is 12.3. The van der Waals surface area contributed by atoms with Crippen LogP contribution in [0.1, 0.15) is 43.7 Å². The molecule has 0 heterocycles. The van der Waals surface area contributed by atoms with Crippen molar-refractivity contribution in [3.63, 3.8) is 0 Å². The van der Waals surface area contributed by atoms with E-state index in [0.717, 1.165) is 13.0 Å². The fourth-order valence-electron chi connectivity index (χ4n) is 4.91. The minimum Gasteiger partial charge on any atom is -0.479 e. The van der Waals surface area contributed by atoms with E-state index in [9.17, 15) is 19.1 Å². The van der Waals surface area contributed by atoms with Crippen molar-refractivity contribution >= 4 is 23.5 Å². The van der Waals surface area contributed by atoms with Crippen molar-refractivity contribution in [3.05, 3.63) is 94.8 Å². The van der Waals surface area contributed by atoms with Gasteiger partial charge in [-0.25, -0.2) is 13.6 Å². The maximum Gasteiger partial charge on any atom is 0.346 e. The van der Waals surface area contributed by atoms with Crippen LogP contribution in [0.15, 0.2) is 72.8 Å². The first-order chi connectivity index (χ1) is 17.5. The van der Waals surface area contributed by atoms with Crippen molar-refractivity contribution in [3.8, 4) is 11.5 Å². The topological polar surface area (TPSA) is 72.8 Å². The highest BCUT2D eigenvalue weighted by Crippen LogP contribution is 2.55. The van der Waals surface area contributed by atoms with Gasteiger partial charge in [0.15, 0.2) is 17.2 Å². The number of esters is 1. The summed E-state index contributed by atoms with van der Waals surface area (Å²) < 4.78 is 43.0. The first-order valence-electron chi connectivity index (χ1n) is 11.9. The highest BCUT2D eigenvalue weighted by Gasteiger charge is 2.65. The largest absolute Gasteiger partial charge is 0.479 e. The van der Waals surface area contributed by atoms with Crippen molar-refractivity contribution in [2.75, 3.05) is 0 Å². The molecule has 0 saturated heterocycles. The van der Waals surface area contributed by atoms with Crippen molar-refractivity contribution in [1.82, 2.24) is 0 Å². The van der Waals surface area contributed by atoms with Crippen LogP contribution in [-0.4, -0.2) is 28.3 Å². The van der Waals surface area contributed by atoms with E-state index < -0.39 is 34.9 Å². The molecule has 0 aromatic heterocycles. The average molecular weight is 529 g/mol. The lowest BCUT2D eigenvalue weighted by Gasteiger charge is -2.44. The highest BCUT2D eigenvalue weighted by atomic mass is 35.5. The fraction of sp³-hybridized carbons (Fsp3) is 0.310. The van der Waals surface area contributed by atoms with Crippen LogP contribution in [0.5, 0.6) is 11.5 Å². The van der Waals surface area contributed by atoms with Crippen LogP contribution in [-0.2, 0) is 20.7 Å². The van der Waals surface area contributed by atoms with Crippen LogP contribution in [0, 0.1) is 11.7 Å². The van der Waals surface area contributed by atoms with Gasteiger partial charge in [0.25, 0.3) is 5.67 Å². The van der Waals surface area contributed by atoms with E-state index in [1.165, 1.54) is 19.1 Å². The molecule has 37 heavy (non-hydrogen) atoms. The molecule has 3 atom stereocenters. The second-order valence-electron chi connectivity index (χ2n) is 9.56. The van der Waals surface area contributed by atoms with Crippen LogP contribution in [0.2, 0.25) is 5.02 Å². The number of carboxylic acid groups (broad SMARTS) is 1. The average Bonchev–Trinajstić information content (AvgIpc) is 3.67. The molecule has 0 bridgehead atoms. The number of alkyl halides is 1. The van der Waals surface area contributed by atoms with E-state index in [0.29, 0.717) is 34.7 Å². The summed E-state index contributed by atoms with van der Waals surface area (Å²) in [6.07, 6.45) is 0.930. The Morgan fingerprint density at radius 1 is 1.08 bits per heavy atom. The molecule has 1 fully saturated rings. The molecule has 1 saturated carbocycles. The zero-order chi connectivity index (χ0) is 26.8. The molecular formula is C29H27ClF2O5. The summed E-state index contributed by atoms with van der Waals surface area (Å²) in [5, 5.41) is 10.8. The first kappa shape index (κ1) is 26.6. The number of hydrogen-bond acceptors (Lipinski definition) is 4. The zero-order valence-electron chi connectivity index (χ0n) is 20.4. The molecule has 0 amide bonds. The van der Waals surface area contributed by atoms with Crippen molar-refractivity contribution < 1.29 is 33.0 Å². The molecule has 5 nitrogen and oxygen atoms in total. The zero-order valence-corrected chi connectivity index (χ0v) is 21.2. The maximum absolute atomic E-state index is 17.3. The molecule has 0 radical (unpaired) electrons. The number of carbonyl (C=O) groups excluding carboxylic acids is 1. The number of hydrogen-bond donors (Lipinski definition) is 1. The molecule has 3 aromatic rings. The van der Waals surface area contributed by atoms with Gasteiger partial charge >= 0.3 is 11.9 Å². The number of halogens is 3. The Bertz CT molecular complexity index is 1280. The summed E-state index contributed by atoms with van der Waals surface area (Å²) >= 11 is 6.02. The van der Waals surface area contributed by atoms with Crippen molar-refractivity contribution in [2.45, 2.75) is 50.3 Å². The normalized spacial score (nSPS) is 17.2. The molecule has 3 aromatic carbocycles. The van der Waals surface area contributed by atoms with Gasteiger partial charge in [-0.05, 0) is 73.2 Å². The van der Waals surface area contributed by atoms with Gasteiger partial charge in [0.1, 0.15) is 5.75 Å². The summed E-state index contributed by atoms with van der Waals surface area (Å²) in [5.74, 6) is -4.32. The molecule has 0 aliphatic heterocycles. The molecule has 194 valence electrons. The van der Waals surface area contributed by atoms with Gasteiger partial charge in [-0.2, -0.15) is 0 Å². The number of para-hydroxylation sites is 1. The number of carbonyl (C=O) groups is 2. The standard InChI is InChI=1S/C29H27ClF2O5/c1-18(33)37-28(2,17-19-8-15-24(31)25(16-19)36-23-6-4-3-5-7-23)29(32,27(34)35)26(20-9-10-20)21-11-13-22(30)14-12-21/h3-8,11-16,20,26H,9-10,17H2,1-2H3,(H,34,35)/t26-,28+,29+/m1/s1. The third kappa shape index (κ3) is 5.62. The Kier molecular flexibility index (Phi) is 7.55. The summed E-state index contributed by atoms with van der Waals surface area (Å²) in [7, 11) is 0. The third-order valence-corrected chi connectivity index (χ3v) is 6.96. The molecule has 1 aliphatic rings. The van der Waals surface area contributed by atoms with Gasteiger partial charge in [-0.1, -0.05) is 48.0 Å². The molecule has 0 unspecified atom stereocenters. The second kappa shape index (κ2) is 10.5. The monoisotopic (exact) mass is 528 g/mol. The van der Waals surface area contributed by atoms with Gasteiger partial charge in [-0.3, -0.25) is 4.79 Å². The Labute approximate surface area is 219 Å². The Morgan fingerprint density at radius 2 is 1.73 bits per heavy atom. The summed E-state index contributed by atoms with van der Waals surface area (Å²) in [4.78, 5) is 24.9. The molecule has 0 spiro atoms. The van der Waals surface area contributed by atoms with E-state index >= 15 is 4.39 Å². The lowest BCUT2D eigenvalue weighted by molar-refractivity contribution is -0.194. The van der Waals surface area contributed by atoms with Crippen LogP contribution in [0.3, 0.4) is 0 Å². The highest BCUT2D eigenvalue weighted by molar-refractivity contribution is 6.30. The van der Waals surface area contributed by atoms with Crippen LogP contribution >= 0.6 is 11.6 Å². The number of aliphatic carboxylic acids is 1. The summed E-state index contributed by atoms with van der Waals surface area (Å²) in [6.45, 7) is 2.37. The smallest absolute Gasteiger partial charge is 0.346 e. The Morgan fingerprint density at radius 3 is 2.30 bits per heavy atom. The minimum atomic E-state index is -3.01. The van der Waals surface area contributed by atoms with E-state index in [4.69, 9.17) is 21.1 Å². The molecule has 4 rings (SSSR count). The number of carboxylic acids is 1.